The first kappa shape index (κ1) is 15.4. The second-order valence-corrected chi connectivity index (χ2v) is 6.18. The van der Waals surface area contributed by atoms with Gasteiger partial charge in [-0.15, -0.1) is 0 Å². The summed E-state index contributed by atoms with van der Waals surface area (Å²) in [5.74, 6) is 0. The lowest BCUT2D eigenvalue weighted by Crippen LogP contribution is -2.02. The van der Waals surface area contributed by atoms with Gasteiger partial charge in [-0.25, -0.2) is 0 Å². The summed E-state index contributed by atoms with van der Waals surface area (Å²) in [5.41, 5.74) is 12.9. The summed E-state index contributed by atoms with van der Waals surface area (Å²) >= 11 is 6.03. The molecule has 0 unspecified atom stereocenters. The molecule has 2 aromatic rings. The molecule has 5 nitrogen and oxygen atoms in total. The molecule has 0 aliphatic heterocycles. The van der Waals surface area contributed by atoms with Gasteiger partial charge < -0.3 is 11.5 Å². The van der Waals surface area contributed by atoms with E-state index in [1.54, 1.807) is 30.3 Å². The Hall–Kier alpha value is -2.02. The molecule has 0 fully saturated rings. The van der Waals surface area contributed by atoms with Crippen molar-refractivity contribution in [1.29, 1.82) is 0 Å². The Balaban J connectivity index is 2.46. The van der Waals surface area contributed by atoms with Gasteiger partial charge in [-0.2, -0.15) is 8.42 Å². The van der Waals surface area contributed by atoms with Crippen molar-refractivity contribution in [3.05, 3.63) is 52.5 Å². The number of nitrogen functional groups attached to an aromatic ring is 2. The molecule has 0 amide bonds. The van der Waals surface area contributed by atoms with Gasteiger partial charge in [0.05, 0.1) is 0 Å². The molecule has 7 heteroatoms. The Morgan fingerprint density at radius 2 is 1.48 bits per heavy atom. The fourth-order valence-corrected chi connectivity index (χ4v) is 2.74. The maximum absolute atomic E-state index is 11.4. The summed E-state index contributed by atoms with van der Waals surface area (Å²) in [6.07, 6.45) is 3.15. The van der Waals surface area contributed by atoms with E-state index in [1.807, 2.05) is 0 Å². The normalized spacial score (nSPS) is 11.9. The molecule has 0 bridgehead atoms. The molecule has 21 heavy (non-hydrogen) atoms. The minimum Gasteiger partial charge on any atom is -0.399 e. The summed E-state index contributed by atoms with van der Waals surface area (Å²) in [5, 5.41) is 0.440. The van der Waals surface area contributed by atoms with E-state index < -0.39 is 10.1 Å². The maximum Gasteiger partial charge on any atom is 0.295 e. The lowest BCUT2D eigenvalue weighted by atomic mass is 10.1. The standard InChI is InChI=1S/C14H13ClN2O3S/c15-13-7-11(16)5-3-9(13)1-2-10-4-6-12(17)8-14(10)21(18,19)20/h1-8H,16-17H2,(H,18,19,20). The summed E-state index contributed by atoms with van der Waals surface area (Å²) in [6, 6.07) is 9.21. The second-order valence-electron chi connectivity index (χ2n) is 4.39. The monoisotopic (exact) mass is 324 g/mol. The number of benzene rings is 2. The highest BCUT2D eigenvalue weighted by molar-refractivity contribution is 7.86. The van der Waals surface area contributed by atoms with Gasteiger partial charge in [-0.05, 0) is 35.4 Å². The van der Waals surface area contributed by atoms with Crippen LogP contribution in [0, 0.1) is 0 Å². The van der Waals surface area contributed by atoms with Crippen molar-refractivity contribution in [3.63, 3.8) is 0 Å². The molecular weight excluding hydrogens is 312 g/mol. The van der Waals surface area contributed by atoms with Gasteiger partial charge in [-0.1, -0.05) is 35.9 Å². The third-order valence-corrected chi connectivity index (χ3v) is 4.02. The zero-order chi connectivity index (χ0) is 15.6. The van der Waals surface area contributed by atoms with Crippen LogP contribution in [0.25, 0.3) is 12.2 Å². The number of rotatable bonds is 3. The van der Waals surface area contributed by atoms with Crippen molar-refractivity contribution >= 4 is 45.2 Å². The highest BCUT2D eigenvalue weighted by atomic mass is 35.5. The van der Waals surface area contributed by atoms with Crippen LogP contribution in [0.1, 0.15) is 11.1 Å². The molecule has 0 saturated carbocycles. The van der Waals surface area contributed by atoms with E-state index in [0.29, 0.717) is 21.8 Å². The molecule has 0 spiro atoms. The van der Waals surface area contributed by atoms with Crippen molar-refractivity contribution < 1.29 is 13.0 Å². The van der Waals surface area contributed by atoms with E-state index >= 15 is 0 Å². The summed E-state index contributed by atoms with van der Waals surface area (Å²) in [6.45, 7) is 0. The van der Waals surface area contributed by atoms with Crippen LogP contribution in [0.4, 0.5) is 11.4 Å². The fraction of sp³-hybridized carbons (Fsp3) is 0. The molecule has 5 N–H and O–H groups in total. The smallest absolute Gasteiger partial charge is 0.295 e. The number of nitrogens with two attached hydrogens (primary N) is 2. The first-order chi connectivity index (χ1) is 9.77. The molecule has 0 aliphatic rings. The van der Waals surface area contributed by atoms with Gasteiger partial charge in [0.2, 0.25) is 0 Å². The van der Waals surface area contributed by atoms with Crippen LogP contribution >= 0.6 is 11.6 Å². The highest BCUT2D eigenvalue weighted by Crippen LogP contribution is 2.24. The topological polar surface area (TPSA) is 106 Å². The number of hydrogen-bond acceptors (Lipinski definition) is 4. The minimum atomic E-state index is -4.36. The first-order valence-corrected chi connectivity index (χ1v) is 7.69. The van der Waals surface area contributed by atoms with Gasteiger partial charge in [0.15, 0.2) is 0 Å². The van der Waals surface area contributed by atoms with E-state index in [9.17, 15) is 13.0 Å². The average molecular weight is 325 g/mol. The van der Waals surface area contributed by atoms with Crippen LogP contribution in [-0.4, -0.2) is 13.0 Å². The first-order valence-electron chi connectivity index (χ1n) is 5.87. The molecule has 2 aromatic carbocycles. The van der Waals surface area contributed by atoms with Crippen molar-refractivity contribution in [2.75, 3.05) is 11.5 Å². The van der Waals surface area contributed by atoms with Crippen molar-refractivity contribution in [1.82, 2.24) is 0 Å². The lowest BCUT2D eigenvalue weighted by Gasteiger charge is -2.05. The largest absolute Gasteiger partial charge is 0.399 e. The van der Waals surface area contributed by atoms with Crippen molar-refractivity contribution in [2.45, 2.75) is 4.90 Å². The van der Waals surface area contributed by atoms with Crippen LogP contribution < -0.4 is 11.5 Å². The van der Waals surface area contributed by atoms with E-state index in [0.717, 1.165) is 0 Å². The summed E-state index contributed by atoms with van der Waals surface area (Å²) in [7, 11) is -4.36. The Morgan fingerprint density at radius 3 is 2.05 bits per heavy atom. The Morgan fingerprint density at radius 1 is 0.952 bits per heavy atom. The molecule has 0 aromatic heterocycles. The third kappa shape index (κ3) is 3.75. The van der Waals surface area contributed by atoms with Crippen molar-refractivity contribution in [2.24, 2.45) is 0 Å². The van der Waals surface area contributed by atoms with E-state index in [1.165, 1.54) is 18.2 Å². The predicted octanol–water partition coefficient (Wildman–Crippen LogP) is 2.92. The molecule has 0 atom stereocenters. The molecule has 2 rings (SSSR count). The number of hydrogen-bond donors (Lipinski definition) is 3. The third-order valence-electron chi connectivity index (χ3n) is 2.78. The molecule has 0 aliphatic carbocycles. The maximum atomic E-state index is 11.4. The summed E-state index contributed by atoms with van der Waals surface area (Å²) in [4.78, 5) is -0.259. The zero-order valence-electron chi connectivity index (χ0n) is 10.8. The van der Waals surface area contributed by atoms with Crippen LogP contribution in [0.3, 0.4) is 0 Å². The lowest BCUT2D eigenvalue weighted by molar-refractivity contribution is 0.483. The number of halogens is 1. The average Bonchev–Trinajstić information content (AvgIpc) is 2.38. The highest BCUT2D eigenvalue weighted by Gasteiger charge is 2.14. The van der Waals surface area contributed by atoms with E-state index in [2.05, 4.69) is 0 Å². The summed E-state index contributed by atoms with van der Waals surface area (Å²) < 4.78 is 31.9. The van der Waals surface area contributed by atoms with E-state index in [-0.39, 0.29) is 10.6 Å². The molecule has 0 heterocycles. The second kappa shape index (κ2) is 5.77. The van der Waals surface area contributed by atoms with Crippen LogP contribution in [0.2, 0.25) is 5.02 Å². The Bertz CT molecular complexity index is 817. The van der Waals surface area contributed by atoms with E-state index in [4.69, 9.17) is 23.1 Å². The Kier molecular flexibility index (Phi) is 4.22. The number of anilines is 2. The Labute approximate surface area is 127 Å². The van der Waals surface area contributed by atoms with Crippen LogP contribution in [0.5, 0.6) is 0 Å². The fourth-order valence-electron chi connectivity index (χ4n) is 1.77. The molecule has 0 saturated heterocycles. The van der Waals surface area contributed by atoms with Crippen LogP contribution in [0.15, 0.2) is 41.3 Å². The van der Waals surface area contributed by atoms with Gasteiger partial charge in [0.1, 0.15) is 4.90 Å². The van der Waals surface area contributed by atoms with Gasteiger partial charge in [0, 0.05) is 16.4 Å². The van der Waals surface area contributed by atoms with Crippen molar-refractivity contribution in [3.8, 4) is 0 Å². The predicted molar refractivity (Wildman–Crippen MR) is 85.5 cm³/mol. The van der Waals surface area contributed by atoms with Gasteiger partial charge in [-0.3, -0.25) is 4.55 Å². The molecular formula is C14H13ClN2O3S. The van der Waals surface area contributed by atoms with Crippen LogP contribution in [-0.2, 0) is 10.1 Å². The molecule has 0 radical (unpaired) electrons. The minimum absolute atomic E-state index is 0.241. The van der Waals surface area contributed by atoms with Gasteiger partial charge >= 0.3 is 0 Å². The SMILES string of the molecule is Nc1ccc(C=Cc2ccc(N)cc2S(=O)(=O)O)c(Cl)c1. The van der Waals surface area contributed by atoms with Gasteiger partial charge in [0.25, 0.3) is 10.1 Å². The quantitative estimate of drug-likeness (QED) is 0.457. The molecule has 110 valence electrons. The zero-order valence-corrected chi connectivity index (χ0v) is 12.4.